The van der Waals surface area contributed by atoms with Gasteiger partial charge in [-0.2, -0.15) is 0 Å². The van der Waals surface area contributed by atoms with E-state index in [9.17, 15) is 14.4 Å². The second kappa shape index (κ2) is 15.2. The molecule has 2 atom stereocenters. The number of rotatable bonds is 9. The van der Waals surface area contributed by atoms with Crippen LogP contribution >= 0.6 is 0 Å². The van der Waals surface area contributed by atoms with Crippen molar-refractivity contribution in [2.75, 3.05) is 13.1 Å². The molecular formula is C19H31N7O6. The first-order valence-corrected chi connectivity index (χ1v) is 9.51. The van der Waals surface area contributed by atoms with Crippen molar-refractivity contribution in [3.8, 4) is 0 Å². The summed E-state index contributed by atoms with van der Waals surface area (Å²) in [6, 6.07) is 6.09. The summed E-state index contributed by atoms with van der Waals surface area (Å²) in [4.78, 5) is 33.2. The standard InChI is InChI=1S/C11H12N2O2.C6H14N4O2.C2H5NO2/c12-9(11(14)15)5-7-6-13-10-4-2-1-3-8(7)10;7-4(5(11)12)2-1-3-10-6(8)9;3-1-2(4)5/h1-4,6,9,13H,5,12H2,(H,14,15);4H,1-3,7H2,(H,11,12)(H4,8,9,10);1,3H2,(H,4,5). The number of H-pyrrole nitrogens is 1. The summed E-state index contributed by atoms with van der Waals surface area (Å²) < 4.78 is 0. The summed E-state index contributed by atoms with van der Waals surface area (Å²) in [6.07, 6.45) is 3.13. The molecule has 0 spiro atoms. The first-order chi connectivity index (χ1) is 15.0. The van der Waals surface area contributed by atoms with Crippen LogP contribution in [0.4, 0.5) is 0 Å². The van der Waals surface area contributed by atoms with Crippen molar-refractivity contribution in [2.24, 2.45) is 22.9 Å². The quantitative estimate of drug-likeness (QED) is 0.122. The molecule has 0 aliphatic carbocycles. The van der Waals surface area contributed by atoms with Crippen LogP contribution in [0.25, 0.3) is 10.9 Å². The average Bonchev–Trinajstić information content (AvgIpc) is 3.14. The van der Waals surface area contributed by atoms with Gasteiger partial charge < -0.3 is 48.6 Å². The van der Waals surface area contributed by atoms with Crippen LogP contribution in [0, 0.1) is 5.41 Å². The number of aromatic nitrogens is 1. The van der Waals surface area contributed by atoms with E-state index < -0.39 is 30.0 Å². The predicted molar refractivity (Wildman–Crippen MR) is 119 cm³/mol. The summed E-state index contributed by atoms with van der Waals surface area (Å²) in [6.45, 7) is 0.205. The fourth-order valence-corrected chi connectivity index (χ4v) is 2.29. The minimum Gasteiger partial charge on any atom is -0.480 e. The first-order valence-electron chi connectivity index (χ1n) is 9.51. The maximum Gasteiger partial charge on any atom is 0.320 e. The number of carboxylic acids is 3. The van der Waals surface area contributed by atoms with Gasteiger partial charge in [0.2, 0.25) is 0 Å². The van der Waals surface area contributed by atoms with Gasteiger partial charge in [-0.1, -0.05) is 18.2 Å². The number of aliphatic carboxylic acids is 3. The van der Waals surface area contributed by atoms with Gasteiger partial charge in [-0.3, -0.25) is 19.8 Å². The molecule has 1 heterocycles. The monoisotopic (exact) mass is 453 g/mol. The van der Waals surface area contributed by atoms with Crippen LogP contribution < -0.4 is 28.3 Å². The van der Waals surface area contributed by atoms with Crippen LogP contribution in [0.15, 0.2) is 30.5 Å². The summed E-state index contributed by atoms with van der Waals surface area (Å²) in [5, 5.41) is 35.1. The topological polar surface area (TPSA) is 268 Å². The number of aromatic amines is 1. The van der Waals surface area contributed by atoms with Crippen LogP contribution in [-0.4, -0.2) is 69.3 Å². The summed E-state index contributed by atoms with van der Waals surface area (Å²) in [5.74, 6) is -3.05. The van der Waals surface area contributed by atoms with Crippen LogP contribution in [0.3, 0.4) is 0 Å². The van der Waals surface area contributed by atoms with E-state index in [1.807, 2.05) is 30.5 Å². The van der Waals surface area contributed by atoms with Gasteiger partial charge in [-0.25, -0.2) is 0 Å². The molecule has 1 aromatic carbocycles. The van der Waals surface area contributed by atoms with E-state index in [2.05, 4.69) is 16.0 Å². The molecule has 0 radical (unpaired) electrons. The molecule has 0 amide bonds. The number of fused-ring (bicyclic) bond motifs is 1. The Hall–Kier alpha value is -3.68. The molecule has 13 heteroatoms. The van der Waals surface area contributed by atoms with E-state index in [1.165, 1.54) is 0 Å². The van der Waals surface area contributed by atoms with Crippen molar-refractivity contribution in [3.63, 3.8) is 0 Å². The Labute approximate surface area is 184 Å². The van der Waals surface area contributed by atoms with Crippen molar-refractivity contribution in [2.45, 2.75) is 31.3 Å². The average molecular weight is 454 g/mol. The molecule has 0 bridgehead atoms. The molecule has 14 N–H and O–H groups in total. The van der Waals surface area contributed by atoms with Gasteiger partial charge in [0, 0.05) is 30.1 Å². The second-order valence-corrected chi connectivity index (χ2v) is 6.53. The van der Waals surface area contributed by atoms with Crippen molar-refractivity contribution >= 4 is 34.8 Å². The number of carboxylic acid groups (broad SMARTS) is 3. The molecule has 2 aromatic rings. The Balaban J connectivity index is 0.000000508. The van der Waals surface area contributed by atoms with E-state index in [0.29, 0.717) is 25.8 Å². The smallest absolute Gasteiger partial charge is 0.320 e. The molecule has 0 aliphatic rings. The summed E-state index contributed by atoms with van der Waals surface area (Å²) in [5.41, 5.74) is 22.2. The van der Waals surface area contributed by atoms with Crippen LogP contribution in [-0.2, 0) is 20.8 Å². The zero-order chi connectivity index (χ0) is 24.7. The molecule has 13 nitrogen and oxygen atoms in total. The lowest BCUT2D eigenvalue weighted by Crippen LogP contribution is -2.34. The lowest BCUT2D eigenvalue weighted by molar-refractivity contribution is -0.139. The van der Waals surface area contributed by atoms with Crippen molar-refractivity contribution in [1.82, 2.24) is 10.3 Å². The Morgan fingerprint density at radius 1 is 1.06 bits per heavy atom. The molecule has 0 fully saturated rings. The Kier molecular flexibility index (Phi) is 13.4. The largest absolute Gasteiger partial charge is 0.480 e. The van der Waals surface area contributed by atoms with Crippen LogP contribution in [0.1, 0.15) is 18.4 Å². The maximum absolute atomic E-state index is 10.6. The van der Waals surface area contributed by atoms with Gasteiger partial charge in [0.05, 0.1) is 6.54 Å². The highest BCUT2D eigenvalue weighted by Gasteiger charge is 2.14. The zero-order valence-corrected chi connectivity index (χ0v) is 17.5. The number of hydrogen-bond donors (Lipinski definition) is 10. The summed E-state index contributed by atoms with van der Waals surface area (Å²) in [7, 11) is 0. The van der Waals surface area contributed by atoms with Crippen LogP contribution in [0.2, 0.25) is 0 Å². The predicted octanol–water partition coefficient (Wildman–Crippen LogP) is -1.19. The van der Waals surface area contributed by atoms with E-state index in [1.54, 1.807) is 0 Å². The number of benzene rings is 1. The number of guanidine groups is 1. The third-order valence-corrected chi connectivity index (χ3v) is 3.93. The van der Waals surface area contributed by atoms with Gasteiger partial charge in [-0.15, -0.1) is 0 Å². The Bertz CT molecular complexity index is 886. The Morgan fingerprint density at radius 2 is 1.62 bits per heavy atom. The minimum atomic E-state index is -1.00. The van der Waals surface area contributed by atoms with Gasteiger partial charge >= 0.3 is 17.9 Å². The molecule has 2 unspecified atom stereocenters. The normalized spacial score (nSPS) is 11.7. The minimum absolute atomic E-state index is 0.112. The van der Waals surface area contributed by atoms with Crippen molar-refractivity contribution in [1.29, 1.82) is 5.41 Å². The zero-order valence-electron chi connectivity index (χ0n) is 17.5. The van der Waals surface area contributed by atoms with Crippen molar-refractivity contribution < 1.29 is 29.7 Å². The van der Waals surface area contributed by atoms with Crippen molar-refractivity contribution in [3.05, 3.63) is 36.0 Å². The highest BCUT2D eigenvalue weighted by Crippen LogP contribution is 2.18. The highest BCUT2D eigenvalue weighted by molar-refractivity contribution is 5.84. The van der Waals surface area contributed by atoms with Gasteiger partial charge in [-0.05, 0) is 24.5 Å². The molecular weight excluding hydrogens is 422 g/mol. The lowest BCUT2D eigenvalue weighted by Gasteiger charge is -2.06. The molecule has 0 aliphatic heterocycles. The number of carbonyl (C=O) groups is 3. The fourth-order valence-electron chi connectivity index (χ4n) is 2.29. The summed E-state index contributed by atoms with van der Waals surface area (Å²) >= 11 is 0. The first kappa shape index (κ1) is 28.3. The Morgan fingerprint density at radius 3 is 2.12 bits per heavy atom. The fraction of sp³-hybridized carbons (Fsp3) is 0.368. The number of nitrogens with two attached hydrogens (primary N) is 4. The van der Waals surface area contributed by atoms with Crippen LogP contribution in [0.5, 0.6) is 0 Å². The molecule has 178 valence electrons. The molecule has 0 saturated heterocycles. The molecule has 0 saturated carbocycles. The highest BCUT2D eigenvalue weighted by atomic mass is 16.4. The van der Waals surface area contributed by atoms with Gasteiger partial charge in [0.1, 0.15) is 12.1 Å². The number of para-hydroxylation sites is 1. The van der Waals surface area contributed by atoms with E-state index in [4.69, 9.17) is 37.9 Å². The maximum atomic E-state index is 10.6. The molecule has 1 aromatic heterocycles. The van der Waals surface area contributed by atoms with Gasteiger partial charge in [0.25, 0.3) is 0 Å². The second-order valence-electron chi connectivity index (χ2n) is 6.53. The van der Waals surface area contributed by atoms with Gasteiger partial charge in [0.15, 0.2) is 5.96 Å². The van der Waals surface area contributed by atoms with E-state index in [-0.39, 0.29) is 12.5 Å². The SMILES string of the molecule is N=C(N)NCCCC(N)C(=O)O.NC(Cc1c[nH]c2ccccc12)C(=O)O.NCC(=O)O. The van der Waals surface area contributed by atoms with E-state index >= 15 is 0 Å². The molecule has 32 heavy (non-hydrogen) atoms. The number of hydrogen-bond acceptors (Lipinski definition) is 7. The molecule has 2 rings (SSSR count). The lowest BCUT2D eigenvalue weighted by atomic mass is 10.1. The number of nitrogens with one attached hydrogen (secondary N) is 3. The van der Waals surface area contributed by atoms with E-state index in [0.717, 1.165) is 16.5 Å². The third kappa shape index (κ3) is 12.1. The third-order valence-electron chi connectivity index (χ3n) is 3.93.